The van der Waals surface area contributed by atoms with Gasteiger partial charge in [-0.1, -0.05) is 19.9 Å². The van der Waals surface area contributed by atoms with E-state index in [0.29, 0.717) is 40.1 Å². The lowest BCUT2D eigenvalue weighted by Gasteiger charge is -2.35. The number of carbonyl (C=O) groups excluding carboxylic acids is 3. The number of hydrogen-bond acceptors (Lipinski definition) is 5. The van der Waals surface area contributed by atoms with Gasteiger partial charge in [-0.15, -0.1) is 0 Å². The lowest BCUT2D eigenvalue weighted by molar-refractivity contribution is -0.119. The highest BCUT2D eigenvalue weighted by molar-refractivity contribution is 6.06. The molecule has 1 fully saturated rings. The van der Waals surface area contributed by atoms with Gasteiger partial charge < -0.3 is 25.4 Å². The maximum atomic E-state index is 13.1. The third-order valence-corrected chi connectivity index (χ3v) is 5.68. The fourth-order valence-corrected chi connectivity index (χ4v) is 4.17. The highest BCUT2D eigenvalue weighted by atomic mass is 16.5. The summed E-state index contributed by atoms with van der Waals surface area (Å²) in [6.07, 6.45) is 1.12. The highest BCUT2D eigenvalue weighted by Crippen LogP contribution is 2.29. The molecule has 8 nitrogen and oxygen atoms in total. The number of nitrogens with two attached hydrogens (primary N) is 1. The number of hydrogen-bond donors (Lipinski definition) is 2. The predicted molar refractivity (Wildman–Crippen MR) is 126 cm³/mol. The van der Waals surface area contributed by atoms with Crippen LogP contribution in [0.4, 0.5) is 5.69 Å². The monoisotopic (exact) mass is 453 g/mol. The van der Waals surface area contributed by atoms with Gasteiger partial charge >= 0.3 is 0 Å². The standard InChI is InChI=1S/C25H31N3O5/c1-15-9-16(2)13-28(12-15)25(31)19-6-5-17(3)20(10-19)27-24(30)18-7-8-21(22(11-18)32-4)33-14-23(26)29/h5-8,10-11,15-16H,9,12-14H2,1-4H3,(H2,26,29)(H,27,30). The molecule has 3 amide bonds. The van der Waals surface area contributed by atoms with Crippen LogP contribution in [0.3, 0.4) is 0 Å². The molecular weight excluding hydrogens is 422 g/mol. The number of nitrogens with zero attached hydrogens (tertiary/aromatic N) is 1. The van der Waals surface area contributed by atoms with Crippen LogP contribution in [0.25, 0.3) is 0 Å². The zero-order chi connectivity index (χ0) is 24.1. The summed E-state index contributed by atoms with van der Waals surface area (Å²) in [7, 11) is 1.44. The number of carbonyl (C=O) groups is 3. The third-order valence-electron chi connectivity index (χ3n) is 5.68. The second-order valence-electron chi connectivity index (χ2n) is 8.76. The van der Waals surface area contributed by atoms with Gasteiger partial charge in [0.1, 0.15) is 0 Å². The van der Waals surface area contributed by atoms with Gasteiger partial charge in [-0.3, -0.25) is 14.4 Å². The fraction of sp³-hybridized carbons (Fsp3) is 0.400. The van der Waals surface area contributed by atoms with E-state index in [9.17, 15) is 14.4 Å². The van der Waals surface area contributed by atoms with Crippen molar-refractivity contribution in [3.63, 3.8) is 0 Å². The zero-order valence-electron chi connectivity index (χ0n) is 19.5. The second kappa shape index (κ2) is 10.4. The summed E-state index contributed by atoms with van der Waals surface area (Å²) in [6, 6.07) is 9.98. The normalized spacial score (nSPS) is 17.9. The number of methoxy groups -OCH3 is 1. The Bertz CT molecular complexity index is 1040. The Labute approximate surface area is 194 Å². The minimum Gasteiger partial charge on any atom is -0.493 e. The van der Waals surface area contributed by atoms with E-state index in [1.54, 1.807) is 24.3 Å². The molecule has 1 aliphatic heterocycles. The topological polar surface area (TPSA) is 111 Å². The number of rotatable bonds is 7. The SMILES string of the molecule is COc1cc(C(=O)Nc2cc(C(=O)N3CC(C)CC(C)C3)ccc2C)ccc1OCC(N)=O. The number of benzene rings is 2. The van der Waals surface area contributed by atoms with Crippen molar-refractivity contribution < 1.29 is 23.9 Å². The van der Waals surface area contributed by atoms with E-state index in [1.165, 1.54) is 13.2 Å². The van der Waals surface area contributed by atoms with Gasteiger partial charge in [0.25, 0.3) is 17.7 Å². The average molecular weight is 454 g/mol. The van der Waals surface area contributed by atoms with Crippen LogP contribution in [0, 0.1) is 18.8 Å². The van der Waals surface area contributed by atoms with E-state index >= 15 is 0 Å². The van der Waals surface area contributed by atoms with Gasteiger partial charge in [0.15, 0.2) is 18.1 Å². The number of likely N-dealkylation sites (tertiary alicyclic amines) is 1. The summed E-state index contributed by atoms with van der Waals surface area (Å²) in [4.78, 5) is 38.8. The highest BCUT2D eigenvalue weighted by Gasteiger charge is 2.26. The van der Waals surface area contributed by atoms with E-state index in [4.69, 9.17) is 15.2 Å². The molecule has 1 aliphatic rings. The van der Waals surface area contributed by atoms with Crippen molar-refractivity contribution in [2.24, 2.45) is 17.6 Å². The van der Waals surface area contributed by atoms with Crippen molar-refractivity contribution in [3.8, 4) is 11.5 Å². The first-order valence-electron chi connectivity index (χ1n) is 11.0. The van der Waals surface area contributed by atoms with Gasteiger partial charge in [-0.25, -0.2) is 0 Å². The Morgan fingerprint density at radius 2 is 1.70 bits per heavy atom. The molecule has 0 radical (unpaired) electrons. The van der Waals surface area contributed by atoms with Gasteiger partial charge in [-0.05, 0) is 61.1 Å². The number of amides is 3. The largest absolute Gasteiger partial charge is 0.493 e. The summed E-state index contributed by atoms with van der Waals surface area (Å²) in [5.74, 6) is 0.542. The van der Waals surface area contributed by atoms with E-state index in [0.717, 1.165) is 25.1 Å². The molecule has 2 unspecified atom stereocenters. The van der Waals surface area contributed by atoms with Crippen molar-refractivity contribution in [2.75, 3.05) is 32.1 Å². The Balaban J connectivity index is 1.77. The molecule has 0 saturated carbocycles. The molecule has 2 aromatic rings. The van der Waals surface area contributed by atoms with Crippen LogP contribution in [0.1, 0.15) is 46.5 Å². The van der Waals surface area contributed by atoms with Gasteiger partial charge in [-0.2, -0.15) is 0 Å². The molecule has 3 rings (SSSR count). The fourth-order valence-electron chi connectivity index (χ4n) is 4.17. The summed E-state index contributed by atoms with van der Waals surface area (Å²) in [6.45, 7) is 7.38. The van der Waals surface area contributed by atoms with Crippen LogP contribution in [0.2, 0.25) is 0 Å². The molecule has 0 spiro atoms. The number of aryl methyl sites for hydroxylation is 1. The molecule has 2 aromatic carbocycles. The quantitative estimate of drug-likeness (QED) is 0.669. The summed E-state index contributed by atoms with van der Waals surface area (Å²) in [5, 5.41) is 2.88. The molecule has 8 heteroatoms. The van der Waals surface area contributed by atoms with Crippen molar-refractivity contribution in [1.29, 1.82) is 0 Å². The molecule has 0 aliphatic carbocycles. The van der Waals surface area contributed by atoms with E-state index in [1.807, 2.05) is 17.9 Å². The maximum Gasteiger partial charge on any atom is 0.255 e. The van der Waals surface area contributed by atoms with Crippen molar-refractivity contribution in [1.82, 2.24) is 4.90 Å². The lowest BCUT2D eigenvalue weighted by Crippen LogP contribution is -2.42. The van der Waals surface area contributed by atoms with Crippen LogP contribution in [-0.4, -0.2) is 49.4 Å². The molecule has 33 heavy (non-hydrogen) atoms. The van der Waals surface area contributed by atoms with Crippen LogP contribution in [0.15, 0.2) is 36.4 Å². The number of piperidine rings is 1. The van der Waals surface area contributed by atoms with Crippen molar-refractivity contribution in [2.45, 2.75) is 27.2 Å². The van der Waals surface area contributed by atoms with Crippen LogP contribution >= 0.6 is 0 Å². The number of nitrogens with one attached hydrogen (secondary N) is 1. The minimum atomic E-state index is -0.614. The first kappa shape index (κ1) is 24.1. The Kier molecular flexibility index (Phi) is 7.58. The number of primary amides is 1. The van der Waals surface area contributed by atoms with Crippen molar-refractivity contribution >= 4 is 23.4 Å². The van der Waals surface area contributed by atoms with E-state index in [2.05, 4.69) is 19.2 Å². The first-order chi connectivity index (χ1) is 15.7. The molecular formula is C25H31N3O5. The minimum absolute atomic E-state index is 0.0264. The second-order valence-corrected chi connectivity index (χ2v) is 8.76. The van der Waals surface area contributed by atoms with E-state index < -0.39 is 5.91 Å². The first-order valence-corrected chi connectivity index (χ1v) is 11.0. The van der Waals surface area contributed by atoms with Crippen LogP contribution in [0.5, 0.6) is 11.5 Å². The number of anilines is 1. The Morgan fingerprint density at radius 1 is 1.03 bits per heavy atom. The summed E-state index contributed by atoms with van der Waals surface area (Å²) >= 11 is 0. The summed E-state index contributed by atoms with van der Waals surface area (Å²) in [5.41, 5.74) is 7.40. The molecule has 1 heterocycles. The molecule has 3 N–H and O–H groups in total. The van der Waals surface area contributed by atoms with Crippen LogP contribution in [-0.2, 0) is 4.79 Å². The molecule has 176 valence electrons. The zero-order valence-corrected chi connectivity index (χ0v) is 19.5. The van der Waals surface area contributed by atoms with E-state index in [-0.39, 0.29) is 18.4 Å². The Hall–Kier alpha value is -3.55. The molecule has 0 bridgehead atoms. The lowest BCUT2D eigenvalue weighted by atomic mass is 9.91. The number of ether oxygens (including phenoxy) is 2. The smallest absolute Gasteiger partial charge is 0.255 e. The van der Waals surface area contributed by atoms with Gasteiger partial charge in [0.05, 0.1) is 7.11 Å². The average Bonchev–Trinajstić information content (AvgIpc) is 2.77. The molecule has 0 aromatic heterocycles. The maximum absolute atomic E-state index is 13.1. The third kappa shape index (κ3) is 6.03. The predicted octanol–water partition coefficient (Wildman–Crippen LogP) is 3.24. The Morgan fingerprint density at radius 3 is 2.33 bits per heavy atom. The van der Waals surface area contributed by atoms with Gasteiger partial charge in [0, 0.05) is 29.9 Å². The van der Waals surface area contributed by atoms with Gasteiger partial charge in [0.2, 0.25) is 0 Å². The summed E-state index contributed by atoms with van der Waals surface area (Å²) < 4.78 is 10.6. The van der Waals surface area contributed by atoms with Crippen molar-refractivity contribution in [3.05, 3.63) is 53.1 Å². The molecule has 1 saturated heterocycles. The van der Waals surface area contributed by atoms with Crippen LogP contribution < -0.4 is 20.5 Å². The molecule has 2 atom stereocenters.